The molecule has 0 unspecified atom stereocenters. The number of fused-ring (bicyclic) bond motifs is 7. The Morgan fingerprint density at radius 2 is 0.950 bits per heavy atom. The Labute approximate surface area is 348 Å². The lowest BCUT2D eigenvalue weighted by Gasteiger charge is -2.35. The van der Waals surface area contributed by atoms with E-state index in [1.807, 2.05) is 12.1 Å². The van der Waals surface area contributed by atoms with Crippen LogP contribution in [0.25, 0.3) is 55.3 Å². The Morgan fingerprint density at radius 1 is 0.417 bits per heavy atom. The number of rotatable bonds is 6. The molecule has 0 saturated carbocycles. The maximum Gasteiger partial charge on any atom is 0.260 e. The van der Waals surface area contributed by atoms with Gasteiger partial charge in [0.2, 0.25) is 0 Å². The Balaban J connectivity index is 1.11. The fourth-order valence-corrected chi connectivity index (χ4v) is 9.34. The first-order chi connectivity index (χ1) is 29.7. The minimum absolute atomic E-state index is 0.0957. The normalized spacial score (nSPS) is 12.3. The van der Waals surface area contributed by atoms with Gasteiger partial charge in [-0.15, -0.1) is 0 Å². The predicted octanol–water partition coefficient (Wildman–Crippen LogP) is 13.1. The van der Waals surface area contributed by atoms with E-state index in [0.29, 0.717) is 0 Å². The van der Waals surface area contributed by atoms with E-state index in [0.717, 1.165) is 117 Å². The largest absolute Gasteiger partial charge is 0.458 e. The van der Waals surface area contributed by atoms with Gasteiger partial charge < -0.3 is 18.8 Å². The van der Waals surface area contributed by atoms with E-state index in [-0.39, 0.29) is 6.71 Å². The second-order valence-electron chi connectivity index (χ2n) is 15.6. The topological polar surface area (TPSA) is 34.8 Å². The lowest BCUT2D eigenvalue weighted by Crippen LogP contribution is -2.57. The molecule has 10 aromatic rings. The standard InChI is InChI=1S/C55H36BNO3/c1-35-42(38-19-9-4-10-20-38)22-13-24-47(35)57(48-25-14-23-44-43-21-11-12-26-49(43)60-55(44)48)41-33-52-54-53(34-41)59-51-32-40(37-17-7-3-8-18-37)28-30-46(51)56(54)45-29-27-39(31-50(45)58-52)36-15-5-2-6-16-36/h2-34H,1H3. The molecular formula is C55H36BNO3. The molecule has 1 aromatic heterocycles. The van der Waals surface area contributed by atoms with E-state index in [9.17, 15) is 0 Å². The van der Waals surface area contributed by atoms with Crippen molar-refractivity contribution in [1.29, 1.82) is 0 Å². The third kappa shape index (κ3) is 5.47. The van der Waals surface area contributed by atoms with Crippen LogP contribution < -0.4 is 30.8 Å². The molecule has 2 aliphatic heterocycles. The summed E-state index contributed by atoms with van der Waals surface area (Å²) < 4.78 is 20.9. The number of hydrogen-bond donors (Lipinski definition) is 0. The van der Waals surface area contributed by atoms with E-state index in [2.05, 4.69) is 200 Å². The molecule has 0 atom stereocenters. The average molecular weight is 770 g/mol. The second-order valence-corrected chi connectivity index (χ2v) is 15.6. The van der Waals surface area contributed by atoms with Gasteiger partial charge in [0.1, 0.15) is 28.6 Å². The van der Waals surface area contributed by atoms with Gasteiger partial charge >= 0.3 is 0 Å². The van der Waals surface area contributed by atoms with E-state index >= 15 is 0 Å². The van der Waals surface area contributed by atoms with Crippen LogP contribution in [0.3, 0.4) is 0 Å². The zero-order chi connectivity index (χ0) is 39.7. The SMILES string of the molecule is Cc1c(-c2ccccc2)cccc1N(c1cc2c3c(c1)Oc1cc(-c4ccccc4)ccc1B3c1ccc(-c3ccccc3)cc1O2)c1cccc2c1oc1ccccc12. The second kappa shape index (κ2) is 13.7. The molecule has 3 heterocycles. The summed E-state index contributed by atoms with van der Waals surface area (Å²) in [4.78, 5) is 2.32. The van der Waals surface area contributed by atoms with E-state index in [4.69, 9.17) is 13.9 Å². The van der Waals surface area contributed by atoms with Crippen molar-refractivity contribution in [1.82, 2.24) is 0 Å². The highest BCUT2D eigenvalue weighted by Crippen LogP contribution is 2.48. The number of hydrogen-bond acceptors (Lipinski definition) is 4. The fourth-order valence-electron chi connectivity index (χ4n) is 9.34. The molecule has 5 heteroatoms. The van der Waals surface area contributed by atoms with Crippen LogP contribution in [0, 0.1) is 6.92 Å². The first-order valence-electron chi connectivity index (χ1n) is 20.4. The van der Waals surface area contributed by atoms with Crippen LogP contribution in [-0.4, -0.2) is 6.71 Å². The molecule has 12 rings (SSSR count). The van der Waals surface area contributed by atoms with Crippen molar-refractivity contribution in [2.75, 3.05) is 4.90 Å². The number of para-hydroxylation sites is 2. The minimum Gasteiger partial charge on any atom is -0.458 e. The summed E-state index contributed by atoms with van der Waals surface area (Å²) in [6.07, 6.45) is 0. The Morgan fingerprint density at radius 3 is 1.58 bits per heavy atom. The molecule has 0 saturated heterocycles. The van der Waals surface area contributed by atoms with Crippen LogP contribution in [-0.2, 0) is 0 Å². The van der Waals surface area contributed by atoms with Gasteiger partial charge in [0.15, 0.2) is 5.58 Å². The maximum absolute atomic E-state index is 7.09. The molecule has 2 aliphatic rings. The van der Waals surface area contributed by atoms with Crippen molar-refractivity contribution in [3.63, 3.8) is 0 Å². The highest BCUT2D eigenvalue weighted by Gasteiger charge is 2.41. The zero-order valence-electron chi connectivity index (χ0n) is 32.8. The summed E-state index contributed by atoms with van der Waals surface area (Å²) in [6, 6.07) is 70.4. The highest BCUT2D eigenvalue weighted by molar-refractivity contribution is 6.98. The van der Waals surface area contributed by atoms with Crippen LogP contribution in [0.5, 0.6) is 23.0 Å². The van der Waals surface area contributed by atoms with Crippen LogP contribution in [0.2, 0.25) is 0 Å². The summed E-state index contributed by atoms with van der Waals surface area (Å²) in [6.45, 7) is 2.11. The molecule has 0 amide bonds. The fraction of sp³-hybridized carbons (Fsp3) is 0.0182. The van der Waals surface area contributed by atoms with Crippen molar-refractivity contribution in [2.24, 2.45) is 0 Å². The average Bonchev–Trinajstić information content (AvgIpc) is 3.69. The molecule has 4 nitrogen and oxygen atoms in total. The number of nitrogens with zero attached hydrogens (tertiary/aromatic N) is 1. The molecule has 0 N–H and O–H groups in total. The van der Waals surface area contributed by atoms with Gasteiger partial charge in [0.25, 0.3) is 6.71 Å². The highest BCUT2D eigenvalue weighted by atomic mass is 16.5. The molecule has 0 bridgehead atoms. The summed E-state index contributed by atoms with van der Waals surface area (Å²) in [5.74, 6) is 3.21. The van der Waals surface area contributed by atoms with Gasteiger partial charge in [0, 0.05) is 34.1 Å². The van der Waals surface area contributed by atoms with Crippen molar-refractivity contribution < 1.29 is 13.9 Å². The van der Waals surface area contributed by atoms with Gasteiger partial charge in [-0.1, -0.05) is 158 Å². The Kier molecular flexibility index (Phi) is 7.82. The maximum atomic E-state index is 7.09. The Bertz CT molecular complexity index is 3170. The van der Waals surface area contributed by atoms with Crippen LogP contribution in [0.1, 0.15) is 5.56 Å². The van der Waals surface area contributed by atoms with Crippen molar-refractivity contribution in [3.8, 4) is 56.4 Å². The molecule has 0 aliphatic carbocycles. The molecule has 0 radical (unpaired) electrons. The summed E-state index contributed by atoms with van der Waals surface area (Å²) in [5.41, 5.74) is 15.7. The molecule has 282 valence electrons. The van der Waals surface area contributed by atoms with Gasteiger partial charge in [0.05, 0.1) is 11.4 Å². The zero-order valence-corrected chi connectivity index (χ0v) is 32.8. The van der Waals surface area contributed by atoms with Crippen LogP contribution in [0.4, 0.5) is 17.1 Å². The van der Waals surface area contributed by atoms with Gasteiger partial charge in [-0.05, 0) is 87.1 Å². The number of benzene rings is 9. The summed E-state index contributed by atoms with van der Waals surface area (Å²) in [7, 11) is 0. The lowest BCUT2D eigenvalue weighted by atomic mass is 9.34. The predicted molar refractivity (Wildman–Crippen MR) is 247 cm³/mol. The molecular weight excluding hydrogens is 733 g/mol. The molecule has 9 aromatic carbocycles. The quantitative estimate of drug-likeness (QED) is 0.158. The molecule has 60 heavy (non-hydrogen) atoms. The van der Waals surface area contributed by atoms with E-state index < -0.39 is 0 Å². The van der Waals surface area contributed by atoms with Crippen molar-refractivity contribution in [2.45, 2.75) is 6.92 Å². The number of anilines is 3. The Hall–Kier alpha value is -7.76. The van der Waals surface area contributed by atoms with Crippen LogP contribution >= 0.6 is 0 Å². The molecule has 0 spiro atoms. The summed E-state index contributed by atoms with van der Waals surface area (Å²) >= 11 is 0. The third-order valence-corrected chi connectivity index (χ3v) is 12.2. The van der Waals surface area contributed by atoms with Gasteiger partial charge in [-0.3, -0.25) is 0 Å². The van der Waals surface area contributed by atoms with E-state index in [1.165, 1.54) is 0 Å². The van der Waals surface area contributed by atoms with Crippen LogP contribution in [0.15, 0.2) is 205 Å². The minimum atomic E-state index is -0.0957. The van der Waals surface area contributed by atoms with Gasteiger partial charge in [-0.25, -0.2) is 0 Å². The monoisotopic (exact) mass is 769 g/mol. The van der Waals surface area contributed by atoms with E-state index in [1.54, 1.807) is 0 Å². The summed E-state index contributed by atoms with van der Waals surface area (Å²) in [5, 5.41) is 2.14. The van der Waals surface area contributed by atoms with Crippen molar-refractivity contribution >= 4 is 62.1 Å². The van der Waals surface area contributed by atoms with Crippen molar-refractivity contribution in [3.05, 3.63) is 206 Å². The first-order valence-corrected chi connectivity index (χ1v) is 20.4. The lowest BCUT2D eigenvalue weighted by molar-refractivity contribution is 0.465. The van der Waals surface area contributed by atoms with Gasteiger partial charge in [-0.2, -0.15) is 0 Å². The number of furan rings is 1. The smallest absolute Gasteiger partial charge is 0.260 e. The molecule has 0 fully saturated rings. The third-order valence-electron chi connectivity index (χ3n) is 12.2. The first kappa shape index (κ1) is 34.3. The number of ether oxygens (including phenoxy) is 2.